The molecule has 0 spiro atoms. The van der Waals surface area contributed by atoms with E-state index in [1.807, 2.05) is 0 Å². The number of pyridine rings is 1. The fourth-order valence-electron chi connectivity index (χ4n) is 1.06. The van der Waals surface area contributed by atoms with E-state index in [-0.39, 0.29) is 20.7 Å². The highest BCUT2D eigenvalue weighted by Crippen LogP contribution is 2.31. The fourth-order valence-corrected chi connectivity index (χ4v) is 2.27. The monoisotopic (exact) mass is 361 g/mol. The van der Waals surface area contributed by atoms with Gasteiger partial charge in [-0.3, -0.25) is 4.79 Å². The van der Waals surface area contributed by atoms with Crippen LogP contribution in [0.15, 0.2) is 6.20 Å². The van der Waals surface area contributed by atoms with Gasteiger partial charge < -0.3 is 4.74 Å². The van der Waals surface area contributed by atoms with E-state index in [9.17, 15) is 13.6 Å². The Kier molecular flexibility index (Phi) is 4.85. The number of methoxy groups -OCH3 is 1. The molecule has 0 N–H and O–H groups in total. The smallest absolute Gasteiger partial charge is 0.310 e. The lowest BCUT2D eigenvalue weighted by atomic mass is 10.1. The van der Waals surface area contributed by atoms with Crippen LogP contribution in [0.3, 0.4) is 0 Å². The maximum Gasteiger partial charge on any atom is 0.310 e. The first-order chi connectivity index (χ1) is 7.47. The number of halogens is 4. The van der Waals surface area contributed by atoms with Crippen LogP contribution in [0, 0.1) is 3.57 Å². The molecule has 1 aromatic rings. The molecular formula is C9H7ClF2INO2. The molecule has 88 valence electrons. The summed E-state index contributed by atoms with van der Waals surface area (Å²) in [7, 11) is 1.23. The summed E-state index contributed by atoms with van der Waals surface area (Å²) >= 11 is 7.27. The predicted octanol–water partition coefficient (Wildman–Crippen LogP) is 2.99. The number of nitrogens with zero attached hydrogens (tertiary/aromatic N) is 1. The van der Waals surface area contributed by atoms with Crippen LogP contribution in [0.2, 0.25) is 5.15 Å². The van der Waals surface area contributed by atoms with Crippen molar-refractivity contribution in [3.8, 4) is 0 Å². The van der Waals surface area contributed by atoms with Gasteiger partial charge in [0.25, 0.3) is 6.43 Å². The lowest BCUT2D eigenvalue weighted by molar-refractivity contribution is -0.139. The minimum Gasteiger partial charge on any atom is -0.469 e. The average molecular weight is 362 g/mol. The first-order valence-electron chi connectivity index (χ1n) is 4.15. The van der Waals surface area contributed by atoms with Gasteiger partial charge in [0.2, 0.25) is 0 Å². The van der Waals surface area contributed by atoms with E-state index in [4.69, 9.17) is 11.6 Å². The van der Waals surface area contributed by atoms with E-state index in [1.54, 1.807) is 22.6 Å². The van der Waals surface area contributed by atoms with Crippen molar-refractivity contribution in [1.82, 2.24) is 4.98 Å². The lowest BCUT2D eigenvalue weighted by Gasteiger charge is -2.09. The highest BCUT2D eigenvalue weighted by atomic mass is 127. The number of hydrogen-bond acceptors (Lipinski definition) is 3. The predicted molar refractivity (Wildman–Crippen MR) is 62.6 cm³/mol. The zero-order valence-corrected chi connectivity index (χ0v) is 11.1. The Morgan fingerprint density at radius 3 is 2.81 bits per heavy atom. The molecular weight excluding hydrogens is 354 g/mol. The Labute approximate surface area is 109 Å². The summed E-state index contributed by atoms with van der Waals surface area (Å²) in [5.74, 6) is -0.512. The number of hydrogen-bond donors (Lipinski definition) is 0. The molecule has 1 aromatic heterocycles. The zero-order chi connectivity index (χ0) is 12.3. The summed E-state index contributed by atoms with van der Waals surface area (Å²) in [5.41, 5.74) is 0.0378. The van der Waals surface area contributed by atoms with Gasteiger partial charge in [0.05, 0.1) is 19.1 Å². The van der Waals surface area contributed by atoms with Crippen molar-refractivity contribution in [2.75, 3.05) is 7.11 Å². The molecule has 3 nitrogen and oxygen atoms in total. The highest BCUT2D eigenvalue weighted by molar-refractivity contribution is 14.1. The summed E-state index contributed by atoms with van der Waals surface area (Å²) in [5, 5.41) is -0.243. The molecule has 0 radical (unpaired) electrons. The van der Waals surface area contributed by atoms with Gasteiger partial charge in [0.1, 0.15) is 5.15 Å². The lowest BCUT2D eigenvalue weighted by Crippen LogP contribution is -2.08. The third kappa shape index (κ3) is 3.00. The number of alkyl halides is 2. The van der Waals surface area contributed by atoms with E-state index < -0.39 is 12.4 Å². The van der Waals surface area contributed by atoms with Crippen LogP contribution >= 0.6 is 34.2 Å². The van der Waals surface area contributed by atoms with E-state index in [0.29, 0.717) is 5.56 Å². The number of rotatable bonds is 3. The van der Waals surface area contributed by atoms with Crippen molar-refractivity contribution in [3.63, 3.8) is 0 Å². The Balaban J connectivity index is 3.13. The minimum absolute atomic E-state index is 0.0985. The van der Waals surface area contributed by atoms with Crippen molar-refractivity contribution < 1.29 is 18.3 Å². The quantitative estimate of drug-likeness (QED) is 0.472. The second-order valence-electron chi connectivity index (χ2n) is 2.86. The van der Waals surface area contributed by atoms with Gasteiger partial charge in [0.15, 0.2) is 0 Å². The Morgan fingerprint density at radius 2 is 2.31 bits per heavy atom. The summed E-state index contributed by atoms with van der Waals surface area (Å²) in [4.78, 5) is 14.6. The maximum absolute atomic E-state index is 12.6. The van der Waals surface area contributed by atoms with Crippen molar-refractivity contribution in [1.29, 1.82) is 0 Å². The number of carbonyl (C=O) groups is 1. The molecule has 0 amide bonds. The molecule has 16 heavy (non-hydrogen) atoms. The van der Waals surface area contributed by atoms with Gasteiger partial charge in [-0.2, -0.15) is 0 Å². The van der Waals surface area contributed by atoms with Crippen molar-refractivity contribution >= 4 is 40.2 Å². The van der Waals surface area contributed by atoms with E-state index in [0.717, 1.165) is 0 Å². The van der Waals surface area contributed by atoms with Gasteiger partial charge in [-0.05, 0) is 28.2 Å². The van der Waals surface area contributed by atoms with Gasteiger partial charge >= 0.3 is 5.97 Å². The summed E-state index contributed by atoms with van der Waals surface area (Å²) in [6.07, 6.45) is -1.52. The van der Waals surface area contributed by atoms with Gasteiger partial charge in [-0.25, -0.2) is 13.8 Å². The second kappa shape index (κ2) is 5.72. The molecule has 0 aliphatic heterocycles. The van der Waals surface area contributed by atoms with E-state index >= 15 is 0 Å². The first-order valence-corrected chi connectivity index (χ1v) is 5.60. The van der Waals surface area contributed by atoms with Crippen LogP contribution in [0.5, 0.6) is 0 Å². The molecule has 0 unspecified atom stereocenters. The van der Waals surface area contributed by atoms with Crippen LogP contribution in [0.4, 0.5) is 8.78 Å². The third-order valence-corrected chi connectivity index (χ3v) is 3.43. The van der Waals surface area contributed by atoms with Gasteiger partial charge in [0, 0.05) is 9.77 Å². The largest absolute Gasteiger partial charge is 0.469 e. The third-order valence-electron chi connectivity index (χ3n) is 1.86. The fraction of sp³-hybridized carbons (Fsp3) is 0.333. The van der Waals surface area contributed by atoms with Crippen LogP contribution < -0.4 is 0 Å². The van der Waals surface area contributed by atoms with Crippen LogP contribution in [0.1, 0.15) is 17.6 Å². The number of aromatic nitrogens is 1. The average Bonchev–Trinajstić information content (AvgIpc) is 2.21. The van der Waals surface area contributed by atoms with E-state index in [1.165, 1.54) is 13.3 Å². The molecule has 0 saturated heterocycles. The minimum atomic E-state index is -2.72. The van der Waals surface area contributed by atoms with E-state index in [2.05, 4.69) is 9.72 Å². The number of ether oxygens (including phenoxy) is 1. The molecule has 1 heterocycles. The van der Waals surface area contributed by atoms with Crippen LogP contribution in [-0.2, 0) is 16.0 Å². The molecule has 0 aromatic carbocycles. The molecule has 0 atom stereocenters. The highest BCUT2D eigenvalue weighted by Gasteiger charge is 2.20. The van der Waals surface area contributed by atoms with Crippen molar-refractivity contribution in [2.24, 2.45) is 0 Å². The standard InChI is InChI=1S/C9H7ClF2INO2/c1-16-5(15)2-4-3-14-8(10)6(7(4)13)9(11)12/h3,9H,2H2,1H3. The molecule has 0 aliphatic rings. The first kappa shape index (κ1) is 13.6. The summed E-state index contributed by atoms with van der Waals surface area (Å²) in [6, 6.07) is 0. The van der Waals surface area contributed by atoms with Gasteiger partial charge in [-0.1, -0.05) is 11.6 Å². The molecule has 0 aliphatic carbocycles. The maximum atomic E-state index is 12.6. The van der Waals surface area contributed by atoms with Crippen LogP contribution in [0.25, 0.3) is 0 Å². The molecule has 0 fully saturated rings. The summed E-state index contributed by atoms with van der Waals surface area (Å²) < 4.78 is 30.0. The Morgan fingerprint density at radius 1 is 1.69 bits per heavy atom. The van der Waals surface area contributed by atoms with Crippen molar-refractivity contribution in [2.45, 2.75) is 12.8 Å². The Bertz CT molecular complexity index is 415. The SMILES string of the molecule is COC(=O)Cc1cnc(Cl)c(C(F)F)c1I. The normalized spacial score (nSPS) is 10.6. The van der Waals surface area contributed by atoms with Gasteiger partial charge in [-0.15, -0.1) is 0 Å². The second-order valence-corrected chi connectivity index (χ2v) is 4.29. The molecule has 0 bridgehead atoms. The molecule has 0 saturated carbocycles. The topological polar surface area (TPSA) is 39.2 Å². The van der Waals surface area contributed by atoms with Crippen molar-refractivity contribution in [3.05, 3.63) is 26.0 Å². The number of esters is 1. The Hall–Kier alpha value is -0.500. The van der Waals surface area contributed by atoms with Crippen LogP contribution in [-0.4, -0.2) is 18.1 Å². The molecule has 7 heteroatoms. The molecule has 1 rings (SSSR count). The zero-order valence-electron chi connectivity index (χ0n) is 8.14. The summed E-state index contributed by atoms with van der Waals surface area (Å²) in [6.45, 7) is 0. The number of carbonyl (C=O) groups excluding carboxylic acids is 1.